The summed E-state index contributed by atoms with van der Waals surface area (Å²) >= 11 is 0. The van der Waals surface area contributed by atoms with Crippen molar-refractivity contribution < 1.29 is 40.3 Å². The quantitative estimate of drug-likeness (QED) is 0.518. The van der Waals surface area contributed by atoms with Gasteiger partial charge in [-0.3, -0.25) is 4.79 Å². The number of likely N-dealkylation sites (N-methyl/N-ethyl adjacent to an activating group) is 1. The van der Waals surface area contributed by atoms with E-state index in [0.29, 0.717) is 24.1 Å². The van der Waals surface area contributed by atoms with E-state index in [1.807, 2.05) is 0 Å². The fourth-order valence-corrected chi connectivity index (χ4v) is 5.19. The summed E-state index contributed by atoms with van der Waals surface area (Å²) in [7, 11) is 1.66. The van der Waals surface area contributed by atoms with Gasteiger partial charge in [-0.05, 0) is 68.8 Å². The van der Waals surface area contributed by atoms with Gasteiger partial charge < -0.3 is 15.0 Å². The fourth-order valence-electron chi connectivity index (χ4n) is 5.19. The number of halogens is 7. The average Bonchev–Trinajstić information content (AvgIpc) is 3.26. The second-order valence-electron chi connectivity index (χ2n) is 9.54. The number of amides is 1. The predicted octanol–water partition coefficient (Wildman–Crippen LogP) is 5.69. The molecule has 1 N–H and O–H groups in total. The Morgan fingerprint density at radius 1 is 1.03 bits per heavy atom. The Kier molecular flexibility index (Phi) is 6.62. The second kappa shape index (κ2) is 9.02. The first-order valence-corrected chi connectivity index (χ1v) is 11.3. The van der Waals surface area contributed by atoms with Crippen molar-refractivity contribution in [2.24, 2.45) is 0 Å². The van der Waals surface area contributed by atoms with Gasteiger partial charge in [0.1, 0.15) is 5.82 Å². The first-order chi connectivity index (χ1) is 16.6. The van der Waals surface area contributed by atoms with Gasteiger partial charge in [-0.15, -0.1) is 0 Å². The normalized spacial score (nSPS) is 27.4. The van der Waals surface area contributed by atoms with Crippen molar-refractivity contribution >= 4 is 5.91 Å². The Labute approximate surface area is 203 Å². The van der Waals surface area contributed by atoms with Gasteiger partial charge in [0.15, 0.2) is 0 Å². The molecule has 2 saturated heterocycles. The fraction of sp³-hybridized carbons (Fsp3) is 0.480. The maximum absolute atomic E-state index is 13.6. The van der Waals surface area contributed by atoms with Crippen LogP contribution in [0.1, 0.15) is 54.5 Å². The van der Waals surface area contributed by atoms with Crippen LogP contribution >= 0.6 is 0 Å². The van der Waals surface area contributed by atoms with Gasteiger partial charge in [0.05, 0.1) is 28.9 Å². The third-order valence-electron chi connectivity index (χ3n) is 7.21. The number of hydrogen-bond acceptors (Lipinski definition) is 3. The van der Waals surface area contributed by atoms with Gasteiger partial charge in [-0.25, -0.2) is 4.39 Å². The molecule has 5 atom stereocenters. The zero-order chi connectivity index (χ0) is 26.6. The van der Waals surface area contributed by atoms with Crippen LogP contribution < -0.4 is 5.32 Å². The molecule has 4 nitrogen and oxygen atoms in total. The van der Waals surface area contributed by atoms with Gasteiger partial charge in [0.25, 0.3) is 0 Å². The smallest absolute Gasteiger partial charge is 0.368 e. The van der Waals surface area contributed by atoms with E-state index in [2.05, 4.69) is 5.32 Å². The zero-order valence-corrected chi connectivity index (χ0v) is 19.7. The summed E-state index contributed by atoms with van der Waals surface area (Å²) in [6.07, 6.45) is -11.4. The second-order valence-corrected chi connectivity index (χ2v) is 9.54. The highest BCUT2D eigenvalue weighted by atomic mass is 19.4. The lowest BCUT2D eigenvalue weighted by molar-refractivity contribution is -0.143. The number of fused-ring (bicyclic) bond motifs is 1. The van der Waals surface area contributed by atoms with Crippen LogP contribution in [0.15, 0.2) is 42.5 Å². The van der Waals surface area contributed by atoms with Gasteiger partial charge in [0.2, 0.25) is 5.91 Å². The Morgan fingerprint density at radius 3 is 2.08 bits per heavy atom. The van der Waals surface area contributed by atoms with E-state index in [1.165, 1.54) is 19.1 Å². The summed E-state index contributed by atoms with van der Waals surface area (Å²) in [5.74, 6) is -1.11. The van der Waals surface area contributed by atoms with Crippen LogP contribution in [0.25, 0.3) is 0 Å². The number of carbonyl (C=O) groups excluding carboxylic acids is 1. The standard InChI is InChI=1S/C25H25F7N2O2/c1-13(15-8-16(24(27,28)29)10-17(9-15)25(30,31)32)36-20-12-34-19(11-23(2,33-3)22(34)35)21(20)14-4-6-18(26)7-5-14/h4-10,13,19-21,33H,11-12H2,1-3H3/t13-,19+,20+,21?,23-/m1/s1. The number of rotatable bonds is 5. The monoisotopic (exact) mass is 518 g/mol. The Balaban J connectivity index is 1.68. The summed E-state index contributed by atoms with van der Waals surface area (Å²) in [6, 6.07) is 6.64. The van der Waals surface area contributed by atoms with E-state index in [9.17, 15) is 35.5 Å². The summed E-state index contributed by atoms with van der Waals surface area (Å²) in [4.78, 5) is 14.7. The average molecular weight is 518 g/mol. The lowest BCUT2D eigenvalue weighted by Crippen LogP contribution is -2.48. The van der Waals surface area contributed by atoms with Crippen LogP contribution in [0.3, 0.4) is 0 Å². The van der Waals surface area contributed by atoms with Crippen molar-refractivity contribution in [2.75, 3.05) is 13.6 Å². The summed E-state index contributed by atoms with van der Waals surface area (Å²) < 4.78 is 99.7. The van der Waals surface area contributed by atoms with Crippen LogP contribution in [0.2, 0.25) is 0 Å². The van der Waals surface area contributed by atoms with Crippen LogP contribution in [0.5, 0.6) is 0 Å². The maximum atomic E-state index is 13.6. The molecule has 1 unspecified atom stereocenters. The van der Waals surface area contributed by atoms with E-state index in [-0.39, 0.29) is 30.1 Å². The molecule has 2 aromatic carbocycles. The number of nitrogens with one attached hydrogen (secondary N) is 1. The number of benzene rings is 2. The third-order valence-corrected chi connectivity index (χ3v) is 7.21. The molecule has 36 heavy (non-hydrogen) atoms. The number of carbonyl (C=O) groups is 1. The molecule has 0 spiro atoms. The van der Waals surface area contributed by atoms with Crippen molar-refractivity contribution in [2.45, 2.75) is 62.3 Å². The Morgan fingerprint density at radius 2 is 1.58 bits per heavy atom. The molecular formula is C25H25F7N2O2. The molecule has 1 amide bonds. The molecule has 2 fully saturated rings. The number of nitrogens with zero attached hydrogens (tertiary/aromatic N) is 1. The minimum Gasteiger partial charge on any atom is -0.368 e. The van der Waals surface area contributed by atoms with Crippen molar-refractivity contribution in [1.29, 1.82) is 0 Å². The van der Waals surface area contributed by atoms with Crippen LogP contribution in [-0.2, 0) is 21.9 Å². The van der Waals surface area contributed by atoms with Crippen molar-refractivity contribution in [3.63, 3.8) is 0 Å². The van der Waals surface area contributed by atoms with Gasteiger partial charge in [-0.1, -0.05) is 12.1 Å². The van der Waals surface area contributed by atoms with Crippen LogP contribution in [0.4, 0.5) is 30.7 Å². The minimum atomic E-state index is -4.98. The summed E-state index contributed by atoms with van der Waals surface area (Å²) in [6.45, 7) is 3.23. The van der Waals surface area contributed by atoms with Gasteiger partial charge in [-0.2, -0.15) is 26.3 Å². The summed E-state index contributed by atoms with van der Waals surface area (Å²) in [5, 5.41) is 3.02. The molecule has 2 aliphatic heterocycles. The predicted molar refractivity (Wildman–Crippen MR) is 116 cm³/mol. The SMILES string of the molecule is CN[C@]1(C)C[C@H]2C(c3ccc(F)cc3)[C@@H](O[C@H](C)c3cc(C(F)(F)F)cc(C(F)(F)F)c3)CN2C1=O. The highest BCUT2D eigenvalue weighted by Crippen LogP contribution is 2.46. The molecule has 2 heterocycles. The minimum absolute atomic E-state index is 0.0699. The van der Waals surface area contributed by atoms with Crippen LogP contribution in [-0.4, -0.2) is 42.1 Å². The summed E-state index contributed by atoms with van der Waals surface area (Å²) in [5.41, 5.74) is -3.31. The van der Waals surface area contributed by atoms with E-state index in [0.717, 1.165) is 0 Å². The largest absolute Gasteiger partial charge is 0.416 e. The molecule has 196 valence electrons. The molecular weight excluding hydrogens is 493 g/mol. The lowest BCUT2D eigenvalue weighted by Gasteiger charge is -2.29. The molecule has 2 aromatic rings. The molecule has 0 aromatic heterocycles. The van der Waals surface area contributed by atoms with Crippen LogP contribution in [0, 0.1) is 5.82 Å². The van der Waals surface area contributed by atoms with Gasteiger partial charge in [0, 0.05) is 18.5 Å². The van der Waals surface area contributed by atoms with Crippen molar-refractivity contribution in [3.05, 3.63) is 70.5 Å². The number of ether oxygens (including phenoxy) is 1. The molecule has 0 radical (unpaired) electrons. The van der Waals surface area contributed by atoms with Crippen molar-refractivity contribution in [1.82, 2.24) is 10.2 Å². The van der Waals surface area contributed by atoms with E-state index >= 15 is 0 Å². The molecule has 0 bridgehead atoms. The Hall–Kier alpha value is -2.66. The maximum Gasteiger partial charge on any atom is 0.416 e. The first kappa shape index (κ1) is 26.4. The van der Waals surface area contributed by atoms with Gasteiger partial charge >= 0.3 is 12.4 Å². The van der Waals surface area contributed by atoms with E-state index < -0.39 is 53.0 Å². The first-order valence-electron chi connectivity index (χ1n) is 11.3. The topological polar surface area (TPSA) is 41.6 Å². The number of alkyl halides is 6. The zero-order valence-electron chi connectivity index (χ0n) is 19.7. The molecule has 0 saturated carbocycles. The molecule has 2 aliphatic rings. The third kappa shape index (κ3) is 4.82. The molecule has 0 aliphatic carbocycles. The van der Waals surface area contributed by atoms with Crippen molar-refractivity contribution in [3.8, 4) is 0 Å². The van der Waals surface area contributed by atoms with E-state index in [1.54, 1.807) is 31.0 Å². The Bertz CT molecular complexity index is 1100. The highest BCUT2D eigenvalue weighted by molar-refractivity contribution is 5.89. The van der Waals surface area contributed by atoms with E-state index in [4.69, 9.17) is 4.74 Å². The molecule has 11 heteroatoms. The highest BCUT2D eigenvalue weighted by Gasteiger charge is 2.57. The molecule has 4 rings (SSSR count). The lowest BCUT2D eigenvalue weighted by atomic mass is 9.84. The number of hydrogen-bond donors (Lipinski definition) is 1.